The third-order valence-electron chi connectivity index (χ3n) is 4.48. The fourth-order valence-corrected chi connectivity index (χ4v) is 4.57. The molecule has 0 radical (unpaired) electrons. The predicted molar refractivity (Wildman–Crippen MR) is 98.2 cm³/mol. The molecule has 0 bridgehead atoms. The molecule has 0 saturated carbocycles. The van der Waals surface area contributed by atoms with Gasteiger partial charge in [-0.25, -0.2) is 8.42 Å². The van der Waals surface area contributed by atoms with Gasteiger partial charge in [-0.3, -0.25) is 4.79 Å². The van der Waals surface area contributed by atoms with Gasteiger partial charge in [0, 0.05) is 12.2 Å². The number of carbonyl (C=O) groups is 1. The Balaban J connectivity index is 1.80. The molecule has 1 fully saturated rings. The highest BCUT2D eigenvalue weighted by atomic mass is 32.2. The summed E-state index contributed by atoms with van der Waals surface area (Å²) < 4.78 is 28.0. The smallest absolute Gasteiger partial charge is 0.245 e. The lowest BCUT2D eigenvalue weighted by atomic mass is 10.2. The first kappa shape index (κ1) is 17.6. The molecule has 0 spiro atoms. The maximum Gasteiger partial charge on any atom is 0.245 e. The van der Waals surface area contributed by atoms with Gasteiger partial charge in [0.2, 0.25) is 15.9 Å². The summed E-state index contributed by atoms with van der Waals surface area (Å²) in [5, 5.41) is 0. The largest absolute Gasteiger partial charge is 0.311 e. The molecule has 0 unspecified atom stereocenters. The number of carbonyl (C=O) groups excluding carboxylic acids is 1. The maximum absolute atomic E-state index is 12.7. The second-order valence-electron chi connectivity index (χ2n) is 6.56. The van der Waals surface area contributed by atoms with E-state index < -0.39 is 16.1 Å². The summed E-state index contributed by atoms with van der Waals surface area (Å²) in [6.07, 6.45) is 0.455. The Bertz CT molecular complexity index is 905. The number of amides is 1. The zero-order chi connectivity index (χ0) is 18.2. The van der Waals surface area contributed by atoms with E-state index in [9.17, 15) is 13.2 Å². The zero-order valence-corrected chi connectivity index (χ0v) is 15.4. The lowest BCUT2D eigenvalue weighted by molar-refractivity contribution is -0.118. The Kier molecular flexibility index (Phi) is 4.67. The van der Waals surface area contributed by atoms with Crippen LogP contribution in [-0.4, -0.2) is 26.9 Å². The molecular weight excluding hydrogens is 336 g/mol. The Morgan fingerprint density at radius 3 is 2.32 bits per heavy atom. The van der Waals surface area contributed by atoms with E-state index in [2.05, 4.69) is 4.72 Å². The molecule has 1 atom stereocenters. The topological polar surface area (TPSA) is 66.5 Å². The number of nitrogens with zero attached hydrogens (tertiary/aromatic N) is 1. The third-order valence-corrected chi connectivity index (χ3v) is 6.10. The van der Waals surface area contributed by atoms with Crippen molar-refractivity contribution < 1.29 is 13.2 Å². The summed E-state index contributed by atoms with van der Waals surface area (Å²) in [5.74, 6) is -0.210. The van der Waals surface area contributed by atoms with E-state index in [4.69, 9.17) is 0 Å². The lowest BCUT2D eigenvalue weighted by Crippen LogP contribution is -2.41. The summed E-state index contributed by atoms with van der Waals surface area (Å²) >= 11 is 0. The van der Waals surface area contributed by atoms with Crippen LogP contribution in [0.1, 0.15) is 23.1 Å². The fourth-order valence-electron chi connectivity index (χ4n) is 3.02. The number of aryl methyl sites for hydroxylation is 3. The predicted octanol–water partition coefficient (Wildman–Crippen LogP) is 2.70. The average molecular weight is 358 g/mol. The second-order valence-corrected chi connectivity index (χ2v) is 8.24. The SMILES string of the molecule is Cc1ccc(N2CC[C@H](NS(=O)(=O)c3cc(C)ccc3C)C2=O)cc1. The quantitative estimate of drug-likeness (QED) is 0.914. The molecular formula is C19H22N2O3S. The van der Waals surface area contributed by atoms with E-state index in [1.165, 1.54) is 0 Å². The summed E-state index contributed by atoms with van der Waals surface area (Å²) in [6.45, 7) is 6.08. The van der Waals surface area contributed by atoms with Crippen molar-refractivity contribution in [2.24, 2.45) is 0 Å². The van der Waals surface area contributed by atoms with Crippen molar-refractivity contribution in [3.8, 4) is 0 Å². The minimum absolute atomic E-state index is 0.210. The number of rotatable bonds is 4. The van der Waals surface area contributed by atoms with Gasteiger partial charge in [0.1, 0.15) is 6.04 Å². The molecule has 1 N–H and O–H groups in total. The van der Waals surface area contributed by atoms with Gasteiger partial charge in [0.15, 0.2) is 0 Å². The number of nitrogens with one attached hydrogen (secondary N) is 1. The average Bonchev–Trinajstić information content (AvgIpc) is 2.91. The van der Waals surface area contributed by atoms with Crippen LogP contribution in [0.2, 0.25) is 0 Å². The second kappa shape index (κ2) is 6.61. The van der Waals surface area contributed by atoms with Crippen molar-refractivity contribution in [1.82, 2.24) is 4.72 Å². The summed E-state index contributed by atoms with van der Waals surface area (Å²) in [5.41, 5.74) is 3.44. The molecule has 1 amide bonds. The molecule has 2 aromatic rings. The number of benzene rings is 2. The minimum atomic E-state index is -3.74. The van der Waals surface area contributed by atoms with Gasteiger partial charge in [-0.05, 0) is 56.5 Å². The molecule has 3 rings (SSSR count). The van der Waals surface area contributed by atoms with Gasteiger partial charge in [0.25, 0.3) is 0 Å². The lowest BCUT2D eigenvalue weighted by Gasteiger charge is -2.18. The molecule has 6 heteroatoms. The van der Waals surface area contributed by atoms with Gasteiger partial charge in [-0.1, -0.05) is 29.8 Å². The van der Waals surface area contributed by atoms with E-state index in [0.29, 0.717) is 18.5 Å². The number of hydrogen-bond donors (Lipinski definition) is 1. The molecule has 0 aliphatic carbocycles. The van der Waals surface area contributed by atoms with Gasteiger partial charge < -0.3 is 4.90 Å². The van der Waals surface area contributed by atoms with Gasteiger partial charge in [-0.2, -0.15) is 4.72 Å². The summed E-state index contributed by atoms with van der Waals surface area (Å²) in [7, 11) is -3.74. The highest BCUT2D eigenvalue weighted by molar-refractivity contribution is 7.89. The first-order valence-electron chi connectivity index (χ1n) is 8.25. The van der Waals surface area contributed by atoms with Crippen LogP contribution in [0.3, 0.4) is 0 Å². The first-order chi connectivity index (χ1) is 11.8. The highest BCUT2D eigenvalue weighted by Gasteiger charge is 2.36. The van der Waals surface area contributed by atoms with Crippen LogP contribution in [0.25, 0.3) is 0 Å². The van der Waals surface area contributed by atoms with Crippen LogP contribution >= 0.6 is 0 Å². The van der Waals surface area contributed by atoms with Gasteiger partial charge in [-0.15, -0.1) is 0 Å². The molecule has 1 heterocycles. The van der Waals surface area contributed by atoms with Crippen molar-refractivity contribution in [3.05, 3.63) is 59.2 Å². The van der Waals surface area contributed by atoms with E-state index in [1.807, 2.05) is 44.2 Å². The van der Waals surface area contributed by atoms with Crippen LogP contribution in [0.5, 0.6) is 0 Å². The Labute approximate surface area is 148 Å². The molecule has 1 aliphatic rings. The standard InChI is InChI=1S/C19H22N2O3S/c1-13-5-8-16(9-6-13)21-11-10-17(19(21)22)20-25(23,24)18-12-14(2)4-7-15(18)3/h4-9,12,17,20H,10-11H2,1-3H3/t17-/m0/s1. The summed E-state index contributed by atoms with van der Waals surface area (Å²) in [4.78, 5) is 14.5. The minimum Gasteiger partial charge on any atom is -0.311 e. The zero-order valence-electron chi connectivity index (χ0n) is 14.6. The Morgan fingerprint density at radius 2 is 1.64 bits per heavy atom. The molecule has 5 nitrogen and oxygen atoms in total. The molecule has 0 aromatic heterocycles. The van der Waals surface area contributed by atoms with Crippen LogP contribution < -0.4 is 9.62 Å². The molecule has 1 aliphatic heterocycles. The third kappa shape index (κ3) is 3.60. The molecule has 25 heavy (non-hydrogen) atoms. The van der Waals surface area contributed by atoms with Crippen molar-refractivity contribution in [3.63, 3.8) is 0 Å². The first-order valence-corrected chi connectivity index (χ1v) is 9.74. The Morgan fingerprint density at radius 1 is 1.00 bits per heavy atom. The van der Waals surface area contributed by atoms with E-state index in [1.54, 1.807) is 24.0 Å². The Hall–Kier alpha value is -2.18. The van der Waals surface area contributed by atoms with E-state index >= 15 is 0 Å². The van der Waals surface area contributed by atoms with Gasteiger partial charge in [0.05, 0.1) is 4.90 Å². The van der Waals surface area contributed by atoms with Crippen molar-refractivity contribution in [1.29, 1.82) is 0 Å². The van der Waals surface area contributed by atoms with Crippen LogP contribution in [0.15, 0.2) is 47.4 Å². The van der Waals surface area contributed by atoms with Crippen molar-refractivity contribution in [2.75, 3.05) is 11.4 Å². The molecule has 132 valence electrons. The monoisotopic (exact) mass is 358 g/mol. The van der Waals surface area contributed by atoms with E-state index in [0.717, 1.165) is 16.8 Å². The number of sulfonamides is 1. The molecule has 1 saturated heterocycles. The molecule has 2 aromatic carbocycles. The summed E-state index contributed by atoms with van der Waals surface area (Å²) in [6, 6.07) is 12.2. The fraction of sp³-hybridized carbons (Fsp3) is 0.316. The van der Waals surface area contributed by atoms with Crippen LogP contribution in [0.4, 0.5) is 5.69 Å². The van der Waals surface area contributed by atoms with Crippen molar-refractivity contribution >= 4 is 21.6 Å². The van der Waals surface area contributed by atoms with Crippen LogP contribution in [-0.2, 0) is 14.8 Å². The normalized spacial score (nSPS) is 18.0. The maximum atomic E-state index is 12.7. The van der Waals surface area contributed by atoms with E-state index in [-0.39, 0.29) is 10.8 Å². The highest BCUT2D eigenvalue weighted by Crippen LogP contribution is 2.24. The number of anilines is 1. The van der Waals surface area contributed by atoms with Gasteiger partial charge >= 0.3 is 0 Å². The number of hydrogen-bond acceptors (Lipinski definition) is 3. The van der Waals surface area contributed by atoms with Crippen LogP contribution in [0, 0.1) is 20.8 Å². The van der Waals surface area contributed by atoms with Crippen molar-refractivity contribution in [2.45, 2.75) is 38.1 Å².